The van der Waals surface area contributed by atoms with E-state index in [2.05, 4.69) is 6.58 Å². The first-order valence-electron chi connectivity index (χ1n) is 4.88. The second kappa shape index (κ2) is 6.76. The van der Waals surface area contributed by atoms with Gasteiger partial charge in [-0.3, -0.25) is 0 Å². The highest BCUT2D eigenvalue weighted by molar-refractivity contribution is 6.38. The van der Waals surface area contributed by atoms with Crippen molar-refractivity contribution in [2.45, 2.75) is 25.3 Å². The van der Waals surface area contributed by atoms with Crippen LogP contribution in [0.25, 0.3) is 0 Å². The average molecular weight is 232 g/mol. The third-order valence-corrected chi connectivity index (χ3v) is 4.35. The molecular weight excluding hydrogens is 212 g/mol. The molecule has 0 unspecified atom stereocenters. The third kappa shape index (κ3) is 5.71. The second-order valence-corrected chi connectivity index (χ2v) is 6.05. The monoisotopic (exact) mass is 232 g/mol. The van der Waals surface area contributed by atoms with Crippen LogP contribution in [0.3, 0.4) is 0 Å². The highest BCUT2D eigenvalue weighted by atomic mass is 28.2. The molecule has 15 heavy (non-hydrogen) atoms. The van der Waals surface area contributed by atoms with Gasteiger partial charge < -0.3 is 14.2 Å². The van der Waals surface area contributed by atoms with Gasteiger partial charge in [-0.2, -0.15) is 0 Å². The molecule has 0 saturated carbocycles. The minimum atomic E-state index is -0.590. The normalized spacial score (nSPS) is 12.0. The molecule has 0 aliphatic carbocycles. The van der Waals surface area contributed by atoms with Gasteiger partial charge in [-0.1, -0.05) is 6.58 Å². The zero-order chi connectivity index (χ0) is 11.9. The maximum absolute atomic E-state index is 11.0. The third-order valence-electron chi connectivity index (χ3n) is 2.22. The molecule has 88 valence electrons. The van der Waals surface area contributed by atoms with Crippen molar-refractivity contribution in [1.82, 2.24) is 0 Å². The summed E-state index contributed by atoms with van der Waals surface area (Å²) in [6.45, 7) is 7.45. The van der Waals surface area contributed by atoms with E-state index in [9.17, 15) is 4.79 Å². The van der Waals surface area contributed by atoms with Crippen LogP contribution >= 0.6 is 0 Å². The summed E-state index contributed by atoms with van der Waals surface area (Å²) in [5.74, 6) is -0.333. The minimum Gasteiger partial charge on any atom is -0.463 e. The van der Waals surface area contributed by atoms with E-state index >= 15 is 0 Å². The van der Waals surface area contributed by atoms with E-state index in [0.29, 0.717) is 12.2 Å². The van der Waals surface area contributed by atoms with Gasteiger partial charge in [-0.25, -0.2) is 4.79 Å². The number of rotatable bonds is 7. The van der Waals surface area contributed by atoms with Crippen molar-refractivity contribution < 1.29 is 19.0 Å². The lowest BCUT2D eigenvalue weighted by molar-refractivity contribution is -0.139. The molecule has 0 N–H and O–H groups in total. The smallest absolute Gasteiger partial charge is 0.333 e. The standard InChI is InChI=1S/C10H20O4Si/c1-8(2)9(11)14-6-7-15-10(3,12-4)13-5/h1,6-7,15H2,2-5H3. The van der Waals surface area contributed by atoms with Gasteiger partial charge in [0.1, 0.15) is 5.41 Å². The molecule has 0 atom stereocenters. The van der Waals surface area contributed by atoms with Crippen LogP contribution < -0.4 is 0 Å². The van der Waals surface area contributed by atoms with Crippen LogP contribution in [-0.2, 0) is 19.0 Å². The van der Waals surface area contributed by atoms with E-state index in [1.165, 1.54) is 0 Å². The van der Waals surface area contributed by atoms with Crippen molar-refractivity contribution in [3.05, 3.63) is 12.2 Å². The number of ether oxygens (including phenoxy) is 3. The largest absolute Gasteiger partial charge is 0.463 e. The first kappa shape index (κ1) is 14.3. The fraction of sp³-hybridized carbons (Fsp3) is 0.700. The van der Waals surface area contributed by atoms with Crippen molar-refractivity contribution in [3.8, 4) is 0 Å². The van der Waals surface area contributed by atoms with Crippen LogP contribution in [0.2, 0.25) is 6.04 Å². The van der Waals surface area contributed by atoms with Gasteiger partial charge in [-0.05, 0) is 19.9 Å². The Labute approximate surface area is 93.4 Å². The molecule has 0 fully saturated rings. The Morgan fingerprint density at radius 2 is 1.93 bits per heavy atom. The Hall–Kier alpha value is -0.653. The highest BCUT2D eigenvalue weighted by Crippen LogP contribution is 2.09. The molecule has 0 aliphatic heterocycles. The fourth-order valence-corrected chi connectivity index (χ4v) is 2.31. The van der Waals surface area contributed by atoms with Crippen LogP contribution in [0, 0.1) is 0 Å². The molecule has 0 rings (SSSR count). The fourth-order valence-electron chi connectivity index (χ4n) is 0.969. The summed E-state index contributed by atoms with van der Waals surface area (Å²) in [4.78, 5) is 11.0. The Morgan fingerprint density at radius 3 is 2.33 bits per heavy atom. The van der Waals surface area contributed by atoms with E-state index in [1.54, 1.807) is 21.1 Å². The van der Waals surface area contributed by atoms with Crippen LogP contribution in [0.1, 0.15) is 13.8 Å². The topological polar surface area (TPSA) is 44.8 Å². The van der Waals surface area contributed by atoms with Crippen LogP contribution in [0.15, 0.2) is 12.2 Å². The molecule has 0 bridgehead atoms. The Balaban J connectivity index is 3.71. The van der Waals surface area contributed by atoms with E-state index in [4.69, 9.17) is 14.2 Å². The quantitative estimate of drug-likeness (QED) is 0.213. The molecule has 0 aromatic rings. The molecule has 0 amide bonds. The Morgan fingerprint density at radius 1 is 1.40 bits per heavy atom. The number of hydrogen-bond acceptors (Lipinski definition) is 4. The predicted molar refractivity (Wildman–Crippen MR) is 61.5 cm³/mol. The molecule has 5 heteroatoms. The summed E-state index contributed by atoms with van der Waals surface area (Å²) in [7, 11) is 2.65. The average Bonchev–Trinajstić information content (AvgIpc) is 2.23. The van der Waals surface area contributed by atoms with Gasteiger partial charge in [0, 0.05) is 19.8 Å². The summed E-state index contributed by atoms with van der Waals surface area (Å²) in [5, 5.41) is 0. The zero-order valence-corrected chi connectivity index (χ0v) is 11.4. The second-order valence-electron chi connectivity index (χ2n) is 3.56. The lowest BCUT2D eigenvalue weighted by Gasteiger charge is -2.25. The first-order valence-corrected chi connectivity index (χ1v) is 6.59. The molecule has 0 aromatic heterocycles. The number of carbonyl (C=O) groups excluding carboxylic acids is 1. The minimum absolute atomic E-state index is 0.333. The molecule has 0 heterocycles. The van der Waals surface area contributed by atoms with Crippen molar-refractivity contribution in [2.75, 3.05) is 20.8 Å². The van der Waals surface area contributed by atoms with Gasteiger partial charge in [0.05, 0.1) is 16.1 Å². The number of hydrogen-bond donors (Lipinski definition) is 0. The van der Waals surface area contributed by atoms with Gasteiger partial charge in [0.2, 0.25) is 0 Å². The van der Waals surface area contributed by atoms with Gasteiger partial charge in [0.15, 0.2) is 0 Å². The molecule has 0 spiro atoms. The van der Waals surface area contributed by atoms with Crippen molar-refractivity contribution in [2.24, 2.45) is 0 Å². The van der Waals surface area contributed by atoms with Crippen LogP contribution in [-0.4, -0.2) is 41.7 Å². The van der Waals surface area contributed by atoms with E-state index < -0.39 is 14.9 Å². The van der Waals surface area contributed by atoms with Crippen molar-refractivity contribution >= 4 is 15.5 Å². The molecule has 0 saturated heterocycles. The van der Waals surface area contributed by atoms with Crippen LogP contribution in [0.4, 0.5) is 0 Å². The number of esters is 1. The zero-order valence-electron chi connectivity index (χ0n) is 9.96. The molecule has 0 radical (unpaired) electrons. The van der Waals surface area contributed by atoms with Gasteiger partial charge >= 0.3 is 5.97 Å². The lowest BCUT2D eigenvalue weighted by atomic mass is 10.4. The molecule has 0 aromatic carbocycles. The first-order chi connectivity index (χ1) is 6.95. The maximum atomic E-state index is 11.0. The number of carbonyl (C=O) groups is 1. The van der Waals surface area contributed by atoms with Gasteiger partial charge in [-0.15, -0.1) is 0 Å². The van der Waals surface area contributed by atoms with E-state index in [0.717, 1.165) is 6.04 Å². The summed E-state index contributed by atoms with van der Waals surface area (Å²) in [6, 6.07) is 0.831. The Kier molecular flexibility index (Phi) is 6.47. The maximum Gasteiger partial charge on any atom is 0.333 e. The van der Waals surface area contributed by atoms with Crippen LogP contribution in [0.5, 0.6) is 0 Å². The van der Waals surface area contributed by atoms with E-state index in [-0.39, 0.29) is 5.97 Å². The lowest BCUT2D eigenvalue weighted by Crippen LogP contribution is -2.37. The van der Waals surface area contributed by atoms with E-state index in [1.807, 2.05) is 6.92 Å². The summed E-state index contributed by atoms with van der Waals surface area (Å²) >= 11 is 0. The summed E-state index contributed by atoms with van der Waals surface area (Å²) in [6.07, 6.45) is 0. The summed E-state index contributed by atoms with van der Waals surface area (Å²) in [5.41, 5.74) is -0.0340. The molecule has 0 aliphatic rings. The SMILES string of the molecule is C=C(C)C(=O)OCC[SiH2]C(C)(OC)OC. The van der Waals surface area contributed by atoms with Crippen molar-refractivity contribution in [1.29, 1.82) is 0 Å². The summed E-state index contributed by atoms with van der Waals surface area (Å²) < 4.78 is 15.4. The Bertz CT molecular complexity index is 223. The predicted octanol–water partition coefficient (Wildman–Crippen LogP) is 0.659. The number of methoxy groups -OCH3 is 2. The van der Waals surface area contributed by atoms with Crippen molar-refractivity contribution in [3.63, 3.8) is 0 Å². The van der Waals surface area contributed by atoms with Gasteiger partial charge in [0.25, 0.3) is 0 Å². The molecular formula is C10H20O4Si. The molecule has 4 nitrogen and oxygen atoms in total. The highest BCUT2D eigenvalue weighted by Gasteiger charge is 2.22.